The number of aromatic nitrogens is 2. The van der Waals surface area contributed by atoms with E-state index in [0.29, 0.717) is 44.6 Å². The van der Waals surface area contributed by atoms with Crippen LogP contribution in [0.3, 0.4) is 0 Å². The predicted octanol–water partition coefficient (Wildman–Crippen LogP) is 6.84. The highest BCUT2D eigenvalue weighted by atomic mass is 35.5. The van der Waals surface area contributed by atoms with Crippen molar-refractivity contribution < 1.29 is 19.0 Å². The second kappa shape index (κ2) is 14.1. The van der Waals surface area contributed by atoms with Crippen molar-refractivity contribution in [2.75, 3.05) is 13.2 Å². The summed E-state index contributed by atoms with van der Waals surface area (Å²) in [7, 11) is 0. The van der Waals surface area contributed by atoms with E-state index >= 15 is 0 Å². The summed E-state index contributed by atoms with van der Waals surface area (Å²) in [4.78, 5) is 32.6. The summed E-state index contributed by atoms with van der Waals surface area (Å²) in [6.45, 7) is 10.7. The van der Waals surface area contributed by atoms with Crippen LogP contribution < -0.4 is 24.4 Å². The predicted molar refractivity (Wildman–Crippen MR) is 189 cm³/mol. The van der Waals surface area contributed by atoms with E-state index in [1.807, 2.05) is 99.6 Å². The molecule has 246 valence electrons. The van der Waals surface area contributed by atoms with Gasteiger partial charge >= 0.3 is 5.97 Å². The monoisotopic (exact) mass is 681 g/mol. The number of hydrogen-bond acceptors (Lipinski definition) is 7. The lowest BCUT2D eigenvalue weighted by Gasteiger charge is -2.24. The fourth-order valence-corrected chi connectivity index (χ4v) is 7.09. The molecule has 0 spiro atoms. The van der Waals surface area contributed by atoms with Gasteiger partial charge in [0.05, 0.1) is 35.1 Å². The molecule has 0 saturated carbocycles. The van der Waals surface area contributed by atoms with E-state index in [1.54, 1.807) is 18.4 Å². The van der Waals surface area contributed by atoms with Gasteiger partial charge in [-0.1, -0.05) is 47.2 Å². The zero-order valence-electron chi connectivity index (χ0n) is 27.5. The molecule has 0 saturated heterocycles. The summed E-state index contributed by atoms with van der Waals surface area (Å²) >= 11 is 7.30. The number of esters is 1. The van der Waals surface area contributed by atoms with Crippen LogP contribution in [0.4, 0.5) is 0 Å². The van der Waals surface area contributed by atoms with Crippen molar-refractivity contribution in [3.05, 3.63) is 143 Å². The van der Waals surface area contributed by atoms with Crippen molar-refractivity contribution in [1.82, 2.24) is 9.13 Å². The number of thiazole rings is 1. The van der Waals surface area contributed by atoms with Crippen molar-refractivity contribution in [3.8, 4) is 17.2 Å². The number of hydrogen-bond donors (Lipinski definition) is 0. The lowest BCUT2D eigenvalue weighted by Crippen LogP contribution is -2.39. The lowest BCUT2D eigenvalue weighted by atomic mass is 9.96. The molecule has 10 heteroatoms. The van der Waals surface area contributed by atoms with E-state index in [0.717, 1.165) is 39.5 Å². The van der Waals surface area contributed by atoms with Crippen molar-refractivity contribution >= 4 is 35.0 Å². The van der Waals surface area contributed by atoms with E-state index in [2.05, 4.69) is 10.6 Å². The molecule has 0 radical (unpaired) electrons. The zero-order chi connectivity index (χ0) is 33.9. The summed E-state index contributed by atoms with van der Waals surface area (Å²) in [5, 5.41) is 0.694. The molecular weight excluding hydrogens is 646 g/mol. The molecule has 1 aliphatic heterocycles. The Morgan fingerprint density at radius 3 is 2.25 bits per heavy atom. The minimum atomic E-state index is -0.689. The zero-order valence-corrected chi connectivity index (χ0v) is 29.0. The van der Waals surface area contributed by atoms with Gasteiger partial charge in [0.1, 0.15) is 18.1 Å². The van der Waals surface area contributed by atoms with E-state index in [4.69, 9.17) is 30.8 Å². The molecule has 48 heavy (non-hydrogen) atoms. The van der Waals surface area contributed by atoms with E-state index in [1.165, 1.54) is 11.3 Å². The van der Waals surface area contributed by atoms with Gasteiger partial charge < -0.3 is 18.8 Å². The summed E-state index contributed by atoms with van der Waals surface area (Å²) in [6.07, 6.45) is 1.91. The highest BCUT2D eigenvalue weighted by molar-refractivity contribution is 7.07. The largest absolute Gasteiger partial charge is 0.494 e. The molecule has 0 amide bonds. The molecule has 0 bridgehead atoms. The molecule has 2 aromatic heterocycles. The smallest absolute Gasteiger partial charge is 0.338 e. The number of allylic oxidation sites excluding steroid dienone is 1. The SMILES string of the molecule is CCOC(=O)C1=C(C)N=c2s/c(=C\c3cc(C)n(-c4ccc(OCc5ccc(Cl)cc5)cc4)c3C)c(=O)n2[C@H]1c1ccc(OCC)cc1. The number of carbonyl (C=O) groups is 1. The van der Waals surface area contributed by atoms with Gasteiger partial charge in [0, 0.05) is 22.1 Å². The molecule has 0 N–H and O–H groups in total. The first kappa shape index (κ1) is 33.1. The minimum absolute atomic E-state index is 0.213. The third-order valence-electron chi connectivity index (χ3n) is 8.19. The van der Waals surface area contributed by atoms with Crippen molar-refractivity contribution in [2.45, 2.75) is 47.3 Å². The van der Waals surface area contributed by atoms with Crippen molar-refractivity contribution in [2.24, 2.45) is 4.99 Å². The second-order valence-electron chi connectivity index (χ2n) is 11.4. The molecular formula is C38H36ClN3O5S. The molecule has 6 rings (SSSR count). The number of carbonyl (C=O) groups excluding carboxylic acids is 1. The average molecular weight is 682 g/mol. The van der Waals surface area contributed by atoms with Crippen LogP contribution in [0.15, 0.2) is 99.9 Å². The summed E-state index contributed by atoms with van der Waals surface area (Å²) < 4.78 is 21.3. The van der Waals surface area contributed by atoms with Crippen LogP contribution >= 0.6 is 22.9 Å². The normalized spacial score (nSPS) is 14.5. The van der Waals surface area contributed by atoms with E-state index < -0.39 is 12.0 Å². The Bertz CT molecular complexity index is 2180. The molecule has 1 aliphatic rings. The fraction of sp³-hybridized carbons (Fsp3) is 0.237. The molecule has 1 atom stereocenters. The maximum Gasteiger partial charge on any atom is 0.338 e. The standard InChI is InChI=1S/C38H36ClN3O5S/c1-6-45-31-16-10-27(11-17-31)35-34(37(44)46-7-2)24(4)40-38-42(35)36(43)33(48-38)21-28-20-23(3)41(25(28)5)30-14-18-32(19-15-30)47-22-26-8-12-29(39)13-9-26/h8-21,35H,6-7,22H2,1-5H3/b33-21-/t35-/m0/s1. The number of fused-ring (bicyclic) bond motifs is 1. The third-order valence-corrected chi connectivity index (χ3v) is 9.43. The van der Waals surface area contributed by atoms with Crippen LogP contribution in [-0.2, 0) is 16.1 Å². The van der Waals surface area contributed by atoms with Gasteiger partial charge in [-0.15, -0.1) is 0 Å². The Kier molecular flexibility index (Phi) is 9.71. The van der Waals surface area contributed by atoms with Crippen LogP contribution in [0, 0.1) is 13.8 Å². The number of aryl methyl sites for hydroxylation is 1. The number of ether oxygens (including phenoxy) is 3. The lowest BCUT2D eigenvalue weighted by molar-refractivity contribution is -0.139. The van der Waals surface area contributed by atoms with Gasteiger partial charge in [-0.3, -0.25) is 9.36 Å². The van der Waals surface area contributed by atoms with Crippen LogP contribution in [0.1, 0.15) is 54.9 Å². The summed E-state index contributed by atoms with van der Waals surface area (Å²) in [6, 6.07) is 24.4. The van der Waals surface area contributed by atoms with Crippen LogP contribution in [-0.4, -0.2) is 28.3 Å². The number of nitrogens with zero attached hydrogens (tertiary/aromatic N) is 3. The van der Waals surface area contributed by atoms with Crippen LogP contribution in [0.25, 0.3) is 11.8 Å². The second-order valence-corrected chi connectivity index (χ2v) is 12.8. The first-order valence-corrected chi connectivity index (χ1v) is 17.0. The quantitative estimate of drug-likeness (QED) is 0.151. The van der Waals surface area contributed by atoms with Gasteiger partial charge in [0.2, 0.25) is 0 Å². The highest BCUT2D eigenvalue weighted by Gasteiger charge is 2.33. The maximum atomic E-state index is 14.2. The molecule has 5 aromatic rings. The van der Waals surface area contributed by atoms with Gasteiger partial charge in [-0.2, -0.15) is 0 Å². The van der Waals surface area contributed by atoms with Gasteiger partial charge in [0.15, 0.2) is 4.80 Å². The Morgan fingerprint density at radius 1 is 0.917 bits per heavy atom. The highest BCUT2D eigenvalue weighted by Crippen LogP contribution is 2.32. The van der Waals surface area contributed by atoms with Gasteiger partial charge in [0.25, 0.3) is 5.56 Å². The number of rotatable bonds is 10. The Hall–Kier alpha value is -4.86. The third kappa shape index (κ3) is 6.61. The first-order chi connectivity index (χ1) is 23.2. The molecule has 0 aliphatic carbocycles. The van der Waals surface area contributed by atoms with E-state index in [-0.39, 0.29) is 12.2 Å². The molecule has 0 unspecified atom stereocenters. The Morgan fingerprint density at radius 2 is 1.58 bits per heavy atom. The Balaban J connectivity index is 1.34. The molecule has 3 aromatic carbocycles. The average Bonchev–Trinajstić information content (AvgIpc) is 3.53. The summed E-state index contributed by atoms with van der Waals surface area (Å²) in [5.74, 6) is 0.983. The van der Waals surface area contributed by atoms with Crippen molar-refractivity contribution in [3.63, 3.8) is 0 Å². The first-order valence-electron chi connectivity index (χ1n) is 15.8. The molecule has 3 heterocycles. The molecule has 8 nitrogen and oxygen atoms in total. The van der Waals surface area contributed by atoms with Gasteiger partial charge in [-0.05, 0) is 112 Å². The van der Waals surface area contributed by atoms with Crippen molar-refractivity contribution in [1.29, 1.82) is 0 Å². The van der Waals surface area contributed by atoms with Crippen LogP contribution in [0.2, 0.25) is 5.02 Å². The fourth-order valence-electron chi connectivity index (χ4n) is 5.93. The van der Waals surface area contributed by atoms with Crippen LogP contribution in [0.5, 0.6) is 11.5 Å². The number of halogens is 1. The Labute approximate surface area is 287 Å². The molecule has 0 fully saturated rings. The number of benzene rings is 3. The van der Waals surface area contributed by atoms with E-state index in [9.17, 15) is 9.59 Å². The summed E-state index contributed by atoms with van der Waals surface area (Å²) in [5.41, 5.74) is 6.36. The minimum Gasteiger partial charge on any atom is -0.494 e. The maximum absolute atomic E-state index is 14.2. The van der Waals surface area contributed by atoms with Gasteiger partial charge in [-0.25, -0.2) is 9.79 Å². The topological polar surface area (TPSA) is 84.0 Å².